The zero-order chi connectivity index (χ0) is 14.7. The third kappa shape index (κ3) is 11.3. The van der Waals surface area contributed by atoms with Gasteiger partial charge in [0, 0.05) is 0 Å². The molecule has 0 heterocycles. The van der Waals surface area contributed by atoms with Crippen molar-refractivity contribution in [1.82, 2.24) is 0 Å². The van der Waals surface area contributed by atoms with Gasteiger partial charge in [-0.05, 0) is 26.3 Å². The van der Waals surface area contributed by atoms with Gasteiger partial charge in [0.05, 0.1) is 6.10 Å². The highest BCUT2D eigenvalue weighted by molar-refractivity contribution is 5.73. The molecule has 0 aliphatic carbocycles. The van der Waals surface area contributed by atoms with E-state index in [9.17, 15) is 9.59 Å². The third-order valence-electron chi connectivity index (χ3n) is 2.09. The van der Waals surface area contributed by atoms with Crippen LogP contribution < -0.4 is 17.2 Å². The maximum Gasteiger partial charge on any atom is 0.323 e. The maximum absolute atomic E-state index is 10.1. The predicted octanol–water partition coefficient (Wildman–Crippen LogP) is -1.69. The summed E-state index contributed by atoms with van der Waals surface area (Å²) >= 11 is 0. The van der Waals surface area contributed by atoms with Gasteiger partial charge >= 0.3 is 11.9 Å². The van der Waals surface area contributed by atoms with Crippen molar-refractivity contribution in [3.63, 3.8) is 0 Å². The van der Waals surface area contributed by atoms with Crippen molar-refractivity contribution >= 4 is 11.9 Å². The number of aliphatic hydroxyl groups is 1. The predicted molar refractivity (Wildman–Crippen MR) is 65.8 cm³/mol. The number of aliphatic carboxylic acids is 2. The van der Waals surface area contributed by atoms with E-state index in [1.54, 1.807) is 0 Å². The van der Waals surface area contributed by atoms with Gasteiger partial charge in [-0.15, -0.1) is 0 Å². The van der Waals surface area contributed by atoms with E-state index in [0.717, 1.165) is 12.8 Å². The molecule has 8 heteroatoms. The Morgan fingerprint density at radius 3 is 1.83 bits per heavy atom. The number of aliphatic hydroxyl groups excluding tert-OH is 1. The molecule has 0 spiro atoms. The molecular formula is C10H23N3O5. The average Bonchev–Trinajstić information content (AvgIpc) is 2.28. The van der Waals surface area contributed by atoms with E-state index in [4.69, 9.17) is 32.5 Å². The molecule has 0 fully saturated rings. The Bertz CT molecular complexity index is 248. The molecule has 0 saturated carbocycles. The largest absolute Gasteiger partial charge is 0.480 e. The van der Waals surface area contributed by atoms with Crippen molar-refractivity contribution in [2.24, 2.45) is 17.2 Å². The van der Waals surface area contributed by atoms with Crippen LogP contribution >= 0.6 is 0 Å². The second kappa shape index (κ2) is 10.9. The number of hydrogen-bond acceptors (Lipinski definition) is 6. The molecule has 108 valence electrons. The van der Waals surface area contributed by atoms with Crippen LogP contribution in [0.5, 0.6) is 0 Å². The standard InChI is InChI=1S/C6H14N2O2.C4H9NO3/c7-4-2-1-3-5(8)6(9)10;1-2(6)3(5)4(7)8/h5H,1-4,7-8H2,(H,9,10);2-3,6H,5H2,1H3,(H,7,8). The molecule has 3 unspecified atom stereocenters. The van der Waals surface area contributed by atoms with Crippen LogP contribution in [0.3, 0.4) is 0 Å². The van der Waals surface area contributed by atoms with Gasteiger partial charge in [0.2, 0.25) is 0 Å². The lowest BCUT2D eigenvalue weighted by Crippen LogP contribution is -2.39. The van der Waals surface area contributed by atoms with Gasteiger partial charge in [0.1, 0.15) is 12.1 Å². The molecule has 0 aromatic carbocycles. The molecule has 3 atom stereocenters. The molecule has 0 amide bonds. The van der Waals surface area contributed by atoms with Gasteiger partial charge in [-0.1, -0.05) is 6.42 Å². The van der Waals surface area contributed by atoms with Crippen molar-refractivity contribution in [3.05, 3.63) is 0 Å². The molecular weight excluding hydrogens is 242 g/mol. The highest BCUT2D eigenvalue weighted by Gasteiger charge is 2.16. The average molecular weight is 265 g/mol. The molecule has 0 aliphatic heterocycles. The minimum Gasteiger partial charge on any atom is -0.480 e. The summed E-state index contributed by atoms with van der Waals surface area (Å²) in [5, 5.41) is 24.9. The fourth-order valence-electron chi connectivity index (χ4n) is 0.838. The van der Waals surface area contributed by atoms with Crippen LogP contribution in [0.15, 0.2) is 0 Å². The Hall–Kier alpha value is -1.22. The number of carboxylic acids is 2. The second-order valence-electron chi connectivity index (χ2n) is 3.83. The maximum atomic E-state index is 10.1. The molecule has 0 aromatic rings. The monoisotopic (exact) mass is 265 g/mol. The van der Waals surface area contributed by atoms with E-state index >= 15 is 0 Å². The van der Waals surface area contributed by atoms with Crippen LogP contribution in [0.25, 0.3) is 0 Å². The van der Waals surface area contributed by atoms with Gasteiger partial charge in [0.25, 0.3) is 0 Å². The van der Waals surface area contributed by atoms with Gasteiger partial charge in [-0.2, -0.15) is 0 Å². The number of rotatable bonds is 7. The summed E-state index contributed by atoms with van der Waals surface area (Å²) in [4.78, 5) is 20.0. The summed E-state index contributed by atoms with van der Waals surface area (Å²) in [5.41, 5.74) is 15.3. The Kier molecular flexibility index (Phi) is 11.6. The summed E-state index contributed by atoms with van der Waals surface area (Å²) in [5.74, 6) is -2.11. The number of carboxylic acid groups (broad SMARTS) is 2. The first-order chi connectivity index (χ1) is 8.23. The SMILES string of the molecule is CC(O)C(N)C(=O)O.NCCCCC(N)C(=O)O. The van der Waals surface area contributed by atoms with Gasteiger partial charge in [-0.25, -0.2) is 0 Å². The fourth-order valence-corrected chi connectivity index (χ4v) is 0.838. The highest BCUT2D eigenvalue weighted by Crippen LogP contribution is 1.96. The lowest BCUT2D eigenvalue weighted by atomic mass is 10.1. The Balaban J connectivity index is 0. The number of hydrogen-bond donors (Lipinski definition) is 6. The first-order valence-electron chi connectivity index (χ1n) is 5.58. The van der Waals surface area contributed by atoms with Crippen LogP contribution in [0.1, 0.15) is 26.2 Å². The molecule has 0 aliphatic rings. The van der Waals surface area contributed by atoms with Crippen LogP contribution in [0, 0.1) is 0 Å². The number of carbonyl (C=O) groups is 2. The Morgan fingerprint density at radius 1 is 1.11 bits per heavy atom. The van der Waals surface area contributed by atoms with E-state index in [-0.39, 0.29) is 0 Å². The van der Waals surface area contributed by atoms with Crippen molar-refractivity contribution in [3.8, 4) is 0 Å². The highest BCUT2D eigenvalue weighted by atomic mass is 16.4. The zero-order valence-electron chi connectivity index (χ0n) is 10.5. The number of nitrogens with two attached hydrogens (primary N) is 3. The van der Waals surface area contributed by atoms with Crippen LogP contribution in [-0.2, 0) is 9.59 Å². The Labute approximate surface area is 106 Å². The molecule has 0 radical (unpaired) electrons. The van der Waals surface area contributed by atoms with Gasteiger partial charge < -0.3 is 32.5 Å². The Morgan fingerprint density at radius 2 is 1.61 bits per heavy atom. The third-order valence-corrected chi connectivity index (χ3v) is 2.09. The lowest BCUT2D eigenvalue weighted by Gasteiger charge is -2.06. The second-order valence-corrected chi connectivity index (χ2v) is 3.83. The molecule has 0 bridgehead atoms. The topological polar surface area (TPSA) is 173 Å². The molecule has 8 nitrogen and oxygen atoms in total. The quantitative estimate of drug-likeness (QED) is 0.295. The fraction of sp³-hybridized carbons (Fsp3) is 0.800. The van der Waals surface area contributed by atoms with Crippen molar-refractivity contribution in [1.29, 1.82) is 0 Å². The summed E-state index contributed by atoms with van der Waals surface area (Å²) in [6, 6.07) is -1.87. The molecule has 9 N–H and O–H groups in total. The van der Waals surface area contributed by atoms with Crippen LogP contribution in [-0.4, -0.2) is 52.0 Å². The van der Waals surface area contributed by atoms with Crippen molar-refractivity contribution in [2.75, 3.05) is 6.54 Å². The smallest absolute Gasteiger partial charge is 0.323 e. The number of unbranched alkanes of at least 4 members (excludes halogenated alkanes) is 1. The first kappa shape index (κ1) is 19.1. The van der Waals surface area contributed by atoms with E-state index in [2.05, 4.69) is 0 Å². The molecule has 0 aromatic heterocycles. The first-order valence-corrected chi connectivity index (χ1v) is 5.58. The molecule has 18 heavy (non-hydrogen) atoms. The molecule has 0 rings (SSSR count). The van der Waals surface area contributed by atoms with E-state index in [1.807, 2.05) is 0 Å². The lowest BCUT2D eigenvalue weighted by molar-refractivity contribution is -0.141. The van der Waals surface area contributed by atoms with Crippen molar-refractivity contribution in [2.45, 2.75) is 44.4 Å². The zero-order valence-corrected chi connectivity index (χ0v) is 10.5. The summed E-state index contributed by atoms with van der Waals surface area (Å²) in [7, 11) is 0. The van der Waals surface area contributed by atoms with Crippen molar-refractivity contribution < 1.29 is 24.9 Å². The molecule has 0 saturated heterocycles. The summed E-state index contributed by atoms with van der Waals surface area (Å²) < 4.78 is 0. The minimum atomic E-state index is -1.18. The van der Waals surface area contributed by atoms with Crippen LogP contribution in [0.4, 0.5) is 0 Å². The summed E-state index contributed by atoms with van der Waals surface area (Å²) in [6.45, 7) is 1.94. The van der Waals surface area contributed by atoms with E-state index < -0.39 is 30.1 Å². The van der Waals surface area contributed by atoms with Crippen LogP contribution in [0.2, 0.25) is 0 Å². The minimum absolute atomic E-state index is 0.520. The summed E-state index contributed by atoms with van der Waals surface area (Å²) in [6.07, 6.45) is 1.18. The normalized spacial score (nSPS) is 14.9. The van der Waals surface area contributed by atoms with E-state index in [0.29, 0.717) is 13.0 Å². The van der Waals surface area contributed by atoms with E-state index in [1.165, 1.54) is 6.92 Å². The van der Waals surface area contributed by atoms with Gasteiger partial charge in [0.15, 0.2) is 0 Å². The van der Waals surface area contributed by atoms with Gasteiger partial charge in [-0.3, -0.25) is 9.59 Å².